The van der Waals surface area contributed by atoms with Gasteiger partial charge in [0.25, 0.3) is 5.79 Å². The first-order valence-electron chi connectivity index (χ1n) is 2.79. The zero-order valence-electron chi connectivity index (χ0n) is 5.39. The lowest BCUT2D eigenvalue weighted by molar-refractivity contribution is -0.189. The minimum absolute atomic E-state index is 1.00. The Bertz CT molecular complexity index is 208. The van der Waals surface area contributed by atoms with Gasteiger partial charge in [-0.1, -0.05) is 0 Å². The van der Waals surface area contributed by atoms with Gasteiger partial charge in [0.1, 0.15) is 0 Å². The molecule has 1 unspecified atom stereocenters. The van der Waals surface area contributed by atoms with Crippen molar-refractivity contribution in [3.8, 4) is 0 Å². The summed E-state index contributed by atoms with van der Waals surface area (Å²) in [5.41, 5.74) is 4.85. The Kier molecular flexibility index (Phi) is 1.63. The molecule has 3 N–H and O–H groups in total. The van der Waals surface area contributed by atoms with E-state index in [1.165, 1.54) is 6.08 Å². The molecule has 1 aliphatic heterocycles. The molecule has 0 aliphatic carbocycles. The predicted molar refractivity (Wildman–Crippen MR) is 33.7 cm³/mol. The Hall–Kier alpha value is -1.04. The number of rotatable bonds is 0. The zero-order valence-corrected chi connectivity index (χ0v) is 5.39. The first-order valence-corrected chi connectivity index (χ1v) is 2.79. The summed E-state index contributed by atoms with van der Waals surface area (Å²) in [6.45, 7) is 0. The molecule has 6 heteroatoms. The minimum Gasteiger partial charge on any atom is -0.348 e. The van der Waals surface area contributed by atoms with Crippen molar-refractivity contribution in [1.29, 1.82) is 0 Å². The van der Waals surface area contributed by atoms with Gasteiger partial charge < -0.3 is 5.32 Å². The summed E-state index contributed by atoms with van der Waals surface area (Å²) in [6, 6.07) is 0. The van der Waals surface area contributed by atoms with Crippen LogP contribution in [0.5, 0.6) is 0 Å². The summed E-state index contributed by atoms with van der Waals surface area (Å²) in [7, 11) is 0. The molecule has 1 rings (SSSR count). The van der Waals surface area contributed by atoms with E-state index in [4.69, 9.17) is 5.73 Å². The highest BCUT2D eigenvalue weighted by Crippen LogP contribution is 2.27. The van der Waals surface area contributed by atoms with E-state index in [0.29, 0.717) is 0 Å². The summed E-state index contributed by atoms with van der Waals surface area (Å²) in [5.74, 6) is -2.65. The fourth-order valence-electron chi connectivity index (χ4n) is 0.571. The Balaban J connectivity index is 2.84. The number of aliphatic imine (C=N–C) groups is 1. The van der Waals surface area contributed by atoms with Crippen LogP contribution in [0.25, 0.3) is 0 Å². The summed E-state index contributed by atoms with van der Waals surface area (Å²) < 4.78 is 36.0. The number of hydrogen-bond donors (Lipinski definition) is 2. The Morgan fingerprint density at radius 2 is 2.09 bits per heavy atom. The molecule has 1 atom stereocenters. The van der Waals surface area contributed by atoms with Crippen LogP contribution in [0.15, 0.2) is 17.3 Å². The van der Waals surface area contributed by atoms with Gasteiger partial charge in [0, 0.05) is 12.4 Å². The molecule has 0 saturated carbocycles. The van der Waals surface area contributed by atoms with Gasteiger partial charge in [-0.25, -0.2) is 4.99 Å². The van der Waals surface area contributed by atoms with Gasteiger partial charge in [-0.15, -0.1) is 0 Å². The number of alkyl halides is 3. The van der Waals surface area contributed by atoms with Crippen LogP contribution in [0.4, 0.5) is 13.2 Å². The van der Waals surface area contributed by atoms with E-state index in [2.05, 4.69) is 4.99 Å². The zero-order chi connectivity index (χ0) is 8.54. The molecule has 0 aromatic rings. The van der Waals surface area contributed by atoms with Crippen molar-refractivity contribution in [3.05, 3.63) is 12.3 Å². The van der Waals surface area contributed by atoms with Gasteiger partial charge >= 0.3 is 6.18 Å². The fourth-order valence-corrected chi connectivity index (χ4v) is 0.571. The Morgan fingerprint density at radius 3 is 2.36 bits per heavy atom. The first-order chi connectivity index (χ1) is 4.96. The van der Waals surface area contributed by atoms with Crippen LogP contribution in [-0.4, -0.2) is 18.2 Å². The summed E-state index contributed by atoms with van der Waals surface area (Å²) >= 11 is 0. The standard InChI is InChI=1S/C5H6F3N3/c6-4(7,8)5(9)10-2-1-3-11-5/h1-3,10H,9H2. The molecule has 0 saturated heterocycles. The Labute approximate surface area is 60.8 Å². The van der Waals surface area contributed by atoms with Crippen molar-refractivity contribution in [1.82, 2.24) is 5.32 Å². The van der Waals surface area contributed by atoms with E-state index in [-0.39, 0.29) is 0 Å². The maximum atomic E-state index is 12.0. The number of nitrogens with one attached hydrogen (secondary N) is 1. The van der Waals surface area contributed by atoms with Gasteiger partial charge in [-0.2, -0.15) is 13.2 Å². The van der Waals surface area contributed by atoms with Crippen molar-refractivity contribution < 1.29 is 13.2 Å². The van der Waals surface area contributed by atoms with Crippen LogP contribution in [0, 0.1) is 0 Å². The minimum atomic E-state index is -4.58. The maximum absolute atomic E-state index is 12.0. The average molecular weight is 165 g/mol. The average Bonchev–Trinajstić information content (AvgIpc) is 1.87. The second-order valence-electron chi connectivity index (χ2n) is 2.05. The number of nitrogens with zero attached hydrogens (tertiary/aromatic N) is 1. The van der Waals surface area contributed by atoms with Crippen molar-refractivity contribution in [3.63, 3.8) is 0 Å². The van der Waals surface area contributed by atoms with E-state index in [1.807, 2.05) is 5.32 Å². The third-order valence-corrected chi connectivity index (χ3v) is 1.20. The number of hydrogen-bond acceptors (Lipinski definition) is 3. The topological polar surface area (TPSA) is 50.4 Å². The first kappa shape index (κ1) is 8.06. The van der Waals surface area contributed by atoms with Crippen molar-refractivity contribution >= 4 is 6.21 Å². The van der Waals surface area contributed by atoms with E-state index in [9.17, 15) is 13.2 Å². The lowest BCUT2D eigenvalue weighted by Gasteiger charge is -2.28. The van der Waals surface area contributed by atoms with Crippen LogP contribution >= 0.6 is 0 Å². The summed E-state index contributed by atoms with van der Waals surface area (Å²) in [6.07, 6.45) is -1.14. The maximum Gasteiger partial charge on any atom is 0.447 e. The fraction of sp³-hybridized carbons (Fsp3) is 0.400. The number of nitrogens with two attached hydrogens (primary N) is 1. The second kappa shape index (κ2) is 2.23. The monoisotopic (exact) mass is 165 g/mol. The highest BCUT2D eigenvalue weighted by Gasteiger charge is 2.52. The van der Waals surface area contributed by atoms with Crippen LogP contribution in [0.3, 0.4) is 0 Å². The molecule has 0 bridgehead atoms. The molecule has 0 aromatic carbocycles. The molecule has 11 heavy (non-hydrogen) atoms. The number of halogens is 3. The molecule has 1 aliphatic rings. The van der Waals surface area contributed by atoms with Crippen LogP contribution in [0.2, 0.25) is 0 Å². The molecule has 0 radical (unpaired) electrons. The van der Waals surface area contributed by atoms with Gasteiger partial charge in [-0.05, 0) is 6.08 Å². The van der Waals surface area contributed by atoms with Crippen LogP contribution in [-0.2, 0) is 0 Å². The SMILES string of the molecule is NC1(C(F)(F)F)N=CC=CN1. The molecule has 0 fully saturated rings. The lowest BCUT2D eigenvalue weighted by Crippen LogP contribution is -2.61. The molecule has 0 spiro atoms. The van der Waals surface area contributed by atoms with E-state index in [1.54, 1.807) is 0 Å². The van der Waals surface area contributed by atoms with Gasteiger partial charge in [-0.3, -0.25) is 5.73 Å². The predicted octanol–water partition coefficient (Wildman–Crippen LogP) is 0.349. The highest BCUT2D eigenvalue weighted by atomic mass is 19.4. The molecule has 1 heterocycles. The van der Waals surface area contributed by atoms with Crippen molar-refractivity contribution in [2.75, 3.05) is 0 Å². The third kappa shape index (κ3) is 1.35. The normalized spacial score (nSPS) is 30.2. The smallest absolute Gasteiger partial charge is 0.348 e. The largest absolute Gasteiger partial charge is 0.447 e. The van der Waals surface area contributed by atoms with Gasteiger partial charge in [0.05, 0.1) is 0 Å². The molecule has 3 nitrogen and oxygen atoms in total. The molecule has 0 amide bonds. The van der Waals surface area contributed by atoms with Gasteiger partial charge in [0.15, 0.2) is 0 Å². The van der Waals surface area contributed by atoms with E-state index in [0.717, 1.165) is 12.4 Å². The van der Waals surface area contributed by atoms with Crippen molar-refractivity contribution in [2.24, 2.45) is 10.7 Å². The summed E-state index contributed by atoms with van der Waals surface area (Å²) in [5, 5.41) is 1.91. The molecule has 62 valence electrons. The molecular weight excluding hydrogens is 159 g/mol. The van der Waals surface area contributed by atoms with Gasteiger partial charge in [0.2, 0.25) is 0 Å². The van der Waals surface area contributed by atoms with E-state index < -0.39 is 12.0 Å². The second-order valence-corrected chi connectivity index (χ2v) is 2.05. The lowest BCUT2D eigenvalue weighted by atomic mass is 10.3. The van der Waals surface area contributed by atoms with Crippen LogP contribution < -0.4 is 11.1 Å². The molecular formula is C5H6F3N3. The Morgan fingerprint density at radius 1 is 1.45 bits per heavy atom. The molecule has 0 aromatic heterocycles. The highest BCUT2D eigenvalue weighted by molar-refractivity contribution is 5.72. The van der Waals surface area contributed by atoms with Crippen molar-refractivity contribution in [2.45, 2.75) is 12.0 Å². The third-order valence-electron chi connectivity index (χ3n) is 1.20. The van der Waals surface area contributed by atoms with E-state index >= 15 is 0 Å². The van der Waals surface area contributed by atoms with Crippen LogP contribution in [0.1, 0.15) is 0 Å². The summed E-state index contributed by atoms with van der Waals surface area (Å²) in [4.78, 5) is 3.06. The quantitative estimate of drug-likeness (QED) is 0.544. The number of allylic oxidation sites excluding steroid dienone is 1.